The highest BCUT2D eigenvalue weighted by Crippen LogP contribution is 2.42. The predicted molar refractivity (Wildman–Crippen MR) is 136 cm³/mol. The van der Waals surface area contributed by atoms with Gasteiger partial charge in [-0.25, -0.2) is 9.78 Å². The van der Waals surface area contributed by atoms with E-state index in [2.05, 4.69) is 4.57 Å². The van der Waals surface area contributed by atoms with Crippen LogP contribution in [0, 0.1) is 5.92 Å². The molecule has 8 nitrogen and oxygen atoms in total. The Morgan fingerprint density at radius 2 is 1.83 bits per heavy atom. The van der Waals surface area contributed by atoms with Gasteiger partial charge in [-0.2, -0.15) is 0 Å². The maximum Gasteiger partial charge on any atom is 0.414 e. The quantitative estimate of drug-likeness (QED) is 0.520. The molecule has 4 atom stereocenters. The van der Waals surface area contributed by atoms with Crippen molar-refractivity contribution in [1.82, 2.24) is 9.55 Å². The minimum Gasteiger partial charge on any atom is -0.469 e. The van der Waals surface area contributed by atoms with Crippen LogP contribution in [0.4, 0.5) is 10.5 Å². The lowest BCUT2D eigenvalue weighted by Gasteiger charge is -2.34. The molecule has 8 heteroatoms. The number of hydrogen-bond donors (Lipinski definition) is 1. The van der Waals surface area contributed by atoms with E-state index in [4.69, 9.17) is 14.5 Å². The van der Waals surface area contributed by atoms with Gasteiger partial charge in [0, 0.05) is 17.6 Å². The molecule has 0 unspecified atom stereocenters. The van der Waals surface area contributed by atoms with E-state index in [0.717, 1.165) is 60.0 Å². The van der Waals surface area contributed by atoms with Crippen molar-refractivity contribution in [3.8, 4) is 0 Å². The highest BCUT2D eigenvalue weighted by Gasteiger charge is 2.35. The lowest BCUT2D eigenvalue weighted by Crippen LogP contribution is -2.42. The number of nitrogens with zero attached hydrogens (tertiary/aromatic N) is 3. The summed E-state index contributed by atoms with van der Waals surface area (Å²) in [5, 5.41) is 11.5. The number of aliphatic hydroxyl groups is 1. The molecule has 0 bridgehead atoms. The molecule has 3 aromatic rings. The summed E-state index contributed by atoms with van der Waals surface area (Å²) in [7, 11) is 2.83. The standard InChI is InChI=1S/C28H33N3O5/c1-17-12-13-21-22(30(17)28(34)36-3)14-15-23-24(21)29-26(25(32)18-8-5-4-6-9-18)31(23)20-11-7-10-19(16-20)27(33)35-2/h4-6,8-9,14-15,17,19-20,25,32H,7,10-13,16H2,1-3H3/t17-,19+,20+,25+/m0/s1. The van der Waals surface area contributed by atoms with Gasteiger partial charge in [0.05, 0.1) is 36.9 Å². The number of imidazole rings is 1. The molecule has 1 saturated carbocycles. The predicted octanol–water partition coefficient (Wildman–Crippen LogP) is 4.93. The van der Waals surface area contributed by atoms with Gasteiger partial charge < -0.3 is 19.1 Å². The van der Waals surface area contributed by atoms with Crippen molar-refractivity contribution in [3.05, 3.63) is 59.4 Å². The molecule has 2 aliphatic rings. The molecule has 1 amide bonds. The smallest absolute Gasteiger partial charge is 0.414 e. The van der Waals surface area contributed by atoms with E-state index in [9.17, 15) is 14.7 Å². The molecule has 2 aromatic carbocycles. The van der Waals surface area contributed by atoms with Gasteiger partial charge >= 0.3 is 12.1 Å². The second kappa shape index (κ2) is 9.93. The molecule has 190 valence electrons. The number of esters is 1. The number of amides is 1. The van der Waals surface area contributed by atoms with Crippen LogP contribution in [-0.4, -0.2) is 47.0 Å². The zero-order valence-electron chi connectivity index (χ0n) is 21.0. The normalized spacial score (nSPS) is 22.7. The molecule has 1 aliphatic carbocycles. The fraction of sp³-hybridized carbons (Fsp3) is 0.464. The number of carbonyl (C=O) groups excluding carboxylic acids is 2. The second-order valence-electron chi connectivity index (χ2n) is 9.85. The maximum atomic E-state index is 12.6. The van der Waals surface area contributed by atoms with Crippen molar-refractivity contribution < 1.29 is 24.2 Å². The Morgan fingerprint density at radius 3 is 2.56 bits per heavy atom. The van der Waals surface area contributed by atoms with Gasteiger partial charge in [0.25, 0.3) is 0 Å². The molecule has 0 saturated heterocycles. The summed E-state index contributed by atoms with van der Waals surface area (Å²) in [5.74, 6) is 0.193. The van der Waals surface area contributed by atoms with Crippen LogP contribution in [-0.2, 0) is 20.7 Å². The molecule has 0 spiro atoms. The zero-order valence-corrected chi connectivity index (χ0v) is 21.0. The number of fused-ring (bicyclic) bond motifs is 3. The van der Waals surface area contributed by atoms with E-state index in [0.29, 0.717) is 12.2 Å². The third-order valence-electron chi connectivity index (χ3n) is 7.76. The lowest BCUT2D eigenvalue weighted by atomic mass is 9.85. The number of anilines is 1. The maximum absolute atomic E-state index is 12.6. The zero-order chi connectivity index (χ0) is 25.4. The van der Waals surface area contributed by atoms with E-state index >= 15 is 0 Å². The van der Waals surface area contributed by atoms with Gasteiger partial charge in [0.2, 0.25) is 0 Å². The van der Waals surface area contributed by atoms with Crippen LogP contribution in [0.25, 0.3) is 11.0 Å². The fourth-order valence-corrected chi connectivity index (χ4v) is 5.93. The topological polar surface area (TPSA) is 93.9 Å². The first-order valence-corrected chi connectivity index (χ1v) is 12.7. The molecular formula is C28H33N3O5. The lowest BCUT2D eigenvalue weighted by molar-refractivity contribution is -0.147. The first-order valence-electron chi connectivity index (χ1n) is 12.7. The third-order valence-corrected chi connectivity index (χ3v) is 7.76. The van der Waals surface area contributed by atoms with Gasteiger partial charge in [0.15, 0.2) is 0 Å². The molecular weight excluding hydrogens is 458 g/mol. The van der Waals surface area contributed by atoms with Crippen molar-refractivity contribution in [3.63, 3.8) is 0 Å². The van der Waals surface area contributed by atoms with Crippen LogP contribution in [0.1, 0.15) is 68.1 Å². The molecule has 1 N–H and O–H groups in total. The second-order valence-corrected chi connectivity index (χ2v) is 9.85. The number of benzene rings is 2. The number of aliphatic hydroxyl groups excluding tert-OH is 1. The van der Waals surface area contributed by atoms with Gasteiger partial charge in [-0.3, -0.25) is 9.69 Å². The summed E-state index contributed by atoms with van der Waals surface area (Å²) < 4.78 is 12.3. The Bertz CT molecular complexity index is 1270. The Labute approximate surface area is 210 Å². The van der Waals surface area contributed by atoms with E-state index in [-0.39, 0.29) is 30.1 Å². The van der Waals surface area contributed by atoms with Crippen molar-refractivity contribution in [2.75, 3.05) is 19.1 Å². The number of ether oxygens (including phenoxy) is 2. The number of rotatable bonds is 4. The molecule has 36 heavy (non-hydrogen) atoms. The highest BCUT2D eigenvalue weighted by atomic mass is 16.5. The van der Waals surface area contributed by atoms with Crippen molar-refractivity contribution in [2.24, 2.45) is 5.92 Å². The van der Waals surface area contributed by atoms with E-state index in [1.54, 1.807) is 4.90 Å². The van der Waals surface area contributed by atoms with Crippen LogP contribution in [0.2, 0.25) is 0 Å². The molecule has 1 fully saturated rings. The minimum atomic E-state index is -0.924. The van der Waals surface area contributed by atoms with Crippen LogP contribution in [0.3, 0.4) is 0 Å². The molecule has 2 heterocycles. The largest absolute Gasteiger partial charge is 0.469 e. The number of aryl methyl sites for hydroxylation is 1. The van der Waals surface area contributed by atoms with Crippen molar-refractivity contribution in [1.29, 1.82) is 0 Å². The van der Waals surface area contributed by atoms with Crippen LogP contribution >= 0.6 is 0 Å². The Balaban J connectivity index is 1.68. The monoisotopic (exact) mass is 491 g/mol. The van der Waals surface area contributed by atoms with E-state index in [1.165, 1.54) is 14.2 Å². The Kier molecular flexibility index (Phi) is 6.71. The third kappa shape index (κ3) is 4.13. The number of aromatic nitrogens is 2. The van der Waals surface area contributed by atoms with Gasteiger partial charge in [0.1, 0.15) is 11.9 Å². The molecule has 1 aromatic heterocycles. The van der Waals surface area contributed by atoms with Gasteiger partial charge in [-0.1, -0.05) is 36.8 Å². The summed E-state index contributed by atoms with van der Waals surface area (Å²) in [4.78, 5) is 31.7. The molecule has 1 aliphatic heterocycles. The van der Waals surface area contributed by atoms with Crippen LogP contribution < -0.4 is 4.90 Å². The average molecular weight is 492 g/mol. The number of methoxy groups -OCH3 is 2. The summed E-state index contributed by atoms with van der Waals surface area (Å²) in [5.41, 5.74) is 4.24. The van der Waals surface area contributed by atoms with Gasteiger partial charge in [-0.15, -0.1) is 0 Å². The SMILES string of the molecule is COC(=O)[C@@H]1CCC[C@@H](n2c([C@H](O)c3ccccc3)nc3c4c(ccc32)N(C(=O)OC)[C@@H](C)CC4)C1. The summed E-state index contributed by atoms with van der Waals surface area (Å²) in [6.45, 7) is 2.02. The van der Waals surface area contributed by atoms with Crippen molar-refractivity contribution in [2.45, 2.75) is 63.6 Å². The molecule has 5 rings (SSSR count). The summed E-state index contributed by atoms with van der Waals surface area (Å²) >= 11 is 0. The first kappa shape index (κ1) is 24.3. The molecule has 0 radical (unpaired) electrons. The summed E-state index contributed by atoms with van der Waals surface area (Å²) in [6, 6.07) is 13.5. The fourth-order valence-electron chi connectivity index (χ4n) is 5.93. The highest BCUT2D eigenvalue weighted by molar-refractivity contribution is 5.95. The van der Waals surface area contributed by atoms with Crippen molar-refractivity contribution >= 4 is 28.8 Å². The Morgan fingerprint density at radius 1 is 1.06 bits per heavy atom. The first-order chi connectivity index (χ1) is 17.4. The Hall–Kier alpha value is -3.39. The van der Waals surface area contributed by atoms with E-state index < -0.39 is 6.10 Å². The van der Waals surface area contributed by atoms with E-state index in [1.807, 2.05) is 49.4 Å². The van der Waals surface area contributed by atoms with Crippen LogP contribution in [0.15, 0.2) is 42.5 Å². The van der Waals surface area contributed by atoms with Gasteiger partial charge in [-0.05, 0) is 56.7 Å². The number of hydrogen-bond acceptors (Lipinski definition) is 6. The minimum absolute atomic E-state index is 0.00140. The number of carbonyl (C=O) groups is 2. The summed E-state index contributed by atoms with van der Waals surface area (Å²) in [6.07, 6.45) is 3.46. The van der Waals surface area contributed by atoms with Crippen LogP contribution in [0.5, 0.6) is 0 Å². The average Bonchev–Trinajstić information content (AvgIpc) is 3.32.